The number of imidazole rings is 1. The van der Waals surface area contributed by atoms with Crippen molar-refractivity contribution in [2.45, 2.75) is 19.6 Å². The van der Waals surface area contributed by atoms with Gasteiger partial charge >= 0.3 is 5.97 Å². The van der Waals surface area contributed by atoms with E-state index < -0.39 is 5.97 Å². The van der Waals surface area contributed by atoms with Crippen LogP contribution < -0.4 is 0 Å². The molecule has 0 saturated carbocycles. The maximum absolute atomic E-state index is 11.1. The van der Waals surface area contributed by atoms with Crippen LogP contribution in [-0.2, 0) is 11.3 Å². The minimum absolute atomic E-state index is 0.0804. The van der Waals surface area contributed by atoms with E-state index in [0.29, 0.717) is 12.3 Å². The Morgan fingerprint density at radius 2 is 1.77 bits per heavy atom. The van der Waals surface area contributed by atoms with Crippen LogP contribution in [0.2, 0.25) is 0 Å². The number of rotatable bonds is 7. The molecular formula is C24H22N2O4. The van der Waals surface area contributed by atoms with Gasteiger partial charge < -0.3 is 18.8 Å². The number of hydrogen-bond acceptors (Lipinski definition) is 4. The molecule has 30 heavy (non-hydrogen) atoms. The van der Waals surface area contributed by atoms with Crippen molar-refractivity contribution in [3.8, 4) is 11.1 Å². The number of aromatic carboxylic acids is 1. The number of carbonyl (C=O) groups is 1. The molecule has 0 aliphatic rings. The second-order valence-electron chi connectivity index (χ2n) is 7.02. The summed E-state index contributed by atoms with van der Waals surface area (Å²) in [7, 11) is 1.67. The lowest BCUT2D eigenvalue weighted by molar-refractivity contribution is 0.0660. The third kappa shape index (κ3) is 3.90. The van der Waals surface area contributed by atoms with Gasteiger partial charge in [0.25, 0.3) is 0 Å². The molecule has 6 nitrogen and oxygen atoms in total. The minimum atomic E-state index is -1.09. The van der Waals surface area contributed by atoms with Crippen molar-refractivity contribution < 1.29 is 19.1 Å². The molecule has 0 amide bonds. The molecular weight excluding hydrogens is 380 g/mol. The minimum Gasteiger partial charge on any atom is -0.475 e. The number of hydrogen-bond donors (Lipinski definition) is 1. The number of aromatic nitrogens is 2. The van der Waals surface area contributed by atoms with Gasteiger partial charge in [-0.15, -0.1) is 0 Å². The number of carboxylic acid groups (broad SMARTS) is 1. The standard InChI is InChI=1S/C24H22N2O4/c1-16-22(26(15-25-16)14-20-12-13-21(30-20)24(27)28)23(29-2)19-10-8-18(9-11-19)17-6-4-3-5-7-17/h3-13,15,23H,14H2,1-2H3,(H,27,28). The van der Waals surface area contributed by atoms with Gasteiger partial charge in [0.2, 0.25) is 5.76 Å². The number of ether oxygens (including phenoxy) is 1. The van der Waals surface area contributed by atoms with Gasteiger partial charge in [0.05, 0.1) is 24.3 Å². The van der Waals surface area contributed by atoms with Crippen molar-refractivity contribution in [1.82, 2.24) is 9.55 Å². The van der Waals surface area contributed by atoms with Crippen LogP contribution in [0.4, 0.5) is 0 Å². The topological polar surface area (TPSA) is 77.5 Å². The first kappa shape index (κ1) is 19.7. The Hall–Kier alpha value is -3.64. The SMILES string of the molecule is COC(c1ccc(-c2ccccc2)cc1)c1c(C)ncn1Cc1ccc(C(=O)O)o1. The quantitative estimate of drug-likeness (QED) is 0.474. The van der Waals surface area contributed by atoms with Crippen molar-refractivity contribution in [2.75, 3.05) is 7.11 Å². The van der Waals surface area contributed by atoms with E-state index in [1.807, 2.05) is 29.7 Å². The van der Waals surface area contributed by atoms with Crippen LogP contribution in [-0.4, -0.2) is 27.7 Å². The van der Waals surface area contributed by atoms with Crippen LogP contribution >= 0.6 is 0 Å². The molecule has 0 spiro atoms. The average molecular weight is 402 g/mol. The summed E-state index contributed by atoms with van der Waals surface area (Å²) < 4.78 is 13.2. The molecule has 0 aliphatic carbocycles. The summed E-state index contributed by atoms with van der Waals surface area (Å²) in [5.74, 6) is -0.625. The molecule has 2 aromatic heterocycles. The maximum atomic E-state index is 11.1. The molecule has 4 rings (SSSR count). The number of nitrogens with zero attached hydrogens (tertiary/aromatic N) is 2. The van der Waals surface area contributed by atoms with E-state index >= 15 is 0 Å². The first-order chi connectivity index (χ1) is 14.6. The molecule has 0 fully saturated rings. The molecule has 1 N–H and O–H groups in total. The average Bonchev–Trinajstić information content (AvgIpc) is 3.38. The zero-order valence-electron chi connectivity index (χ0n) is 16.8. The number of furan rings is 1. The molecule has 0 radical (unpaired) electrons. The molecule has 4 aromatic rings. The monoisotopic (exact) mass is 402 g/mol. The van der Waals surface area contributed by atoms with Crippen molar-refractivity contribution in [1.29, 1.82) is 0 Å². The Balaban J connectivity index is 1.63. The van der Waals surface area contributed by atoms with E-state index in [0.717, 1.165) is 28.1 Å². The first-order valence-electron chi connectivity index (χ1n) is 9.58. The van der Waals surface area contributed by atoms with Gasteiger partial charge in [-0.25, -0.2) is 9.78 Å². The van der Waals surface area contributed by atoms with E-state index in [-0.39, 0.29) is 11.9 Å². The summed E-state index contributed by atoms with van der Waals surface area (Å²) in [4.78, 5) is 15.5. The van der Waals surface area contributed by atoms with Gasteiger partial charge in [-0.3, -0.25) is 0 Å². The Morgan fingerprint density at radius 1 is 1.07 bits per heavy atom. The number of aryl methyl sites for hydroxylation is 1. The third-order valence-electron chi connectivity index (χ3n) is 5.07. The normalized spacial score (nSPS) is 12.1. The summed E-state index contributed by atoms with van der Waals surface area (Å²) in [5.41, 5.74) is 5.05. The predicted octanol–water partition coefficient (Wildman–Crippen LogP) is 4.93. The molecule has 6 heteroatoms. The molecule has 1 atom stereocenters. The van der Waals surface area contributed by atoms with E-state index in [1.165, 1.54) is 6.07 Å². The lowest BCUT2D eigenvalue weighted by Gasteiger charge is -2.19. The lowest BCUT2D eigenvalue weighted by Crippen LogP contribution is -2.12. The molecule has 0 aliphatic heterocycles. The van der Waals surface area contributed by atoms with Gasteiger partial charge in [0.15, 0.2) is 0 Å². The second-order valence-corrected chi connectivity index (χ2v) is 7.02. The highest BCUT2D eigenvalue weighted by molar-refractivity contribution is 5.84. The number of methoxy groups -OCH3 is 1. The van der Waals surface area contributed by atoms with E-state index in [2.05, 4.69) is 41.4 Å². The Labute approximate surface area is 174 Å². The molecule has 0 saturated heterocycles. The number of carboxylic acids is 1. The van der Waals surface area contributed by atoms with Gasteiger partial charge in [0, 0.05) is 7.11 Å². The fourth-order valence-electron chi connectivity index (χ4n) is 3.59. The van der Waals surface area contributed by atoms with Gasteiger partial charge in [-0.2, -0.15) is 0 Å². The summed E-state index contributed by atoms with van der Waals surface area (Å²) >= 11 is 0. The summed E-state index contributed by atoms with van der Waals surface area (Å²) in [6, 6.07) is 21.6. The van der Waals surface area contributed by atoms with Crippen molar-refractivity contribution in [3.63, 3.8) is 0 Å². The Kier molecular flexibility index (Phi) is 5.50. The van der Waals surface area contributed by atoms with Crippen molar-refractivity contribution in [2.24, 2.45) is 0 Å². The molecule has 2 aromatic carbocycles. The molecule has 2 heterocycles. The van der Waals surface area contributed by atoms with Crippen molar-refractivity contribution in [3.05, 3.63) is 102 Å². The maximum Gasteiger partial charge on any atom is 0.371 e. The molecule has 152 valence electrons. The zero-order chi connectivity index (χ0) is 21.1. The van der Waals surface area contributed by atoms with Crippen LogP contribution in [0.1, 0.15) is 39.4 Å². The van der Waals surface area contributed by atoms with Crippen molar-refractivity contribution >= 4 is 5.97 Å². The lowest BCUT2D eigenvalue weighted by atomic mass is 10.00. The molecule has 0 bridgehead atoms. The highest BCUT2D eigenvalue weighted by atomic mass is 16.5. The van der Waals surface area contributed by atoms with Gasteiger partial charge in [-0.1, -0.05) is 54.6 Å². The third-order valence-corrected chi connectivity index (χ3v) is 5.07. The van der Waals surface area contributed by atoms with E-state index in [9.17, 15) is 4.79 Å². The largest absolute Gasteiger partial charge is 0.475 e. The fraction of sp³-hybridized carbons (Fsp3) is 0.167. The van der Waals surface area contributed by atoms with Crippen LogP contribution in [0.25, 0.3) is 11.1 Å². The van der Waals surface area contributed by atoms with E-state index in [4.69, 9.17) is 14.3 Å². The summed E-state index contributed by atoms with van der Waals surface area (Å²) in [5, 5.41) is 9.07. The van der Waals surface area contributed by atoms with Crippen LogP contribution in [0.15, 0.2) is 77.5 Å². The summed E-state index contributed by atoms with van der Waals surface area (Å²) in [6.45, 7) is 2.30. The van der Waals surface area contributed by atoms with Crippen LogP contribution in [0, 0.1) is 6.92 Å². The highest BCUT2D eigenvalue weighted by Gasteiger charge is 2.22. The Morgan fingerprint density at radius 3 is 2.40 bits per heavy atom. The van der Waals surface area contributed by atoms with E-state index in [1.54, 1.807) is 19.5 Å². The number of benzene rings is 2. The predicted molar refractivity (Wildman–Crippen MR) is 112 cm³/mol. The second kappa shape index (κ2) is 8.39. The first-order valence-corrected chi connectivity index (χ1v) is 9.58. The van der Waals surface area contributed by atoms with Crippen LogP contribution in [0.5, 0.6) is 0 Å². The Bertz CT molecular complexity index is 1140. The molecule has 1 unspecified atom stereocenters. The van der Waals surface area contributed by atoms with Crippen LogP contribution in [0.3, 0.4) is 0 Å². The van der Waals surface area contributed by atoms with Gasteiger partial charge in [0.1, 0.15) is 11.9 Å². The summed E-state index contributed by atoms with van der Waals surface area (Å²) in [6.07, 6.45) is 1.41. The zero-order valence-corrected chi connectivity index (χ0v) is 16.8. The van der Waals surface area contributed by atoms with Gasteiger partial charge in [-0.05, 0) is 35.7 Å². The highest BCUT2D eigenvalue weighted by Crippen LogP contribution is 2.30. The fourth-order valence-corrected chi connectivity index (χ4v) is 3.59. The smallest absolute Gasteiger partial charge is 0.371 e.